The van der Waals surface area contributed by atoms with Crippen LogP contribution in [0.15, 0.2) is 6.07 Å². The van der Waals surface area contributed by atoms with Crippen molar-refractivity contribution in [1.29, 1.82) is 0 Å². The summed E-state index contributed by atoms with van der Waals surface area (Å²) in [4.78, 5) is 12.2. The van der Waals surface area contributed by atoms with Crippen molar-refractivity contribution in [1.82, 2.24) is 10.2 Å². The number of carbonyl (C=O) groups is 1. The van der Waals surface area contributed by atoms with Crippen LogP contribution in [0, 0.1) is 16.7 Å². The van der Waals surface area contributed by atoms with Gasteiger partial charge in [0.1, 0.15) is 0 Å². The second-order valence-corrected chi connectivity index (χ2v) is 6.73. The van der Waals surface area contributed by atoms with Crippen LogP contribution in [0.4, 0.5) is 5.82 Å². The van der Waals surface area contributed by atoms with Crippen LogP contribution in [0.3, 0.4) is 0 Å². The topological polar surface area (TPSA) is 57.8 Å². The molecule has 0 saturated heterocycles. The summed E-state index contributed by atoms with van der Waals surface area (Å²) in [6, 6.07) is 1.91. The summed E-state index contributed by atoms with van der Waals surface area (Å²) < 4.78 is 0. The van der Waals surface area contributed by atoms with Gasteiger partial charge in [0.2, 0.25) is 5.91 Å². The van der Waals surface area contributed by atoms with Crippen molar-refractivity contribution < 1.29 is 4.79 Å². The highest BCUT2D eigenvalue weighted by molar-refractivity contribution is 5.95. The molecule has 1 fully saturated rings. The molecule has 0 radical (unpaired) electrons. The van der Waals surface area contributed by atoms with Crippen molar-refractivity contribution in [3.63, 3.8) is 0 Å². The van der Waals surface area contributed by atoms with Crippen LogP contribution in [-0.4, -0.2) is 16.1 Å². The number of carbonyl (C=O) groups excluding carboxylic acids is 1. The molecule has 1 saturated carbocycles. The van der Waals surface area contributed by atoms with E-state index in [1.54, 1.807) is 0 Å². The third kappa shape index (κ3) is 1.84. The van der Waals surface area contributed by atoms with E-state index in [1.165, 1.54) is 0 Å². The number of amides is 1. The smallest absolute Gasteiger partial charge is 0.229 e. The minimum absolute atomic E-state index is 0.0594. The maximum Gasteiger partial charge on any atom is 0.229 e. The molecule has 1 amide bonds. The zero-order chi connectivity index (χ0) is 13.7. The second-order valence-electron chi connectivity index (χ2n) is 6.73. The van der Waals surface area contributed by atoms with Gasteiger partial charge in [0.25, 0.3) is 0 Å². The van der Waals surface area contributed by atoms with Gasteiger partial charge < -0.3 is 5.32 Å². The van der Waals surface area contributed by atoms with Crippen LogP contribution < -0.4 is 5.32 Å². The van der Waals surface area contributed by atoms with Gasteiger partial charge in [-0.1, -0.05) is 41.5 Å². The average Bonchev–Trinajstić information content (AvgIpc) is 2.60. The Morgan fingerprint density at radius 2 is 1.89 bits per heavy atom. The summed E-state index contributed by atoms with van der Waals surface area (Å²) in [5, 5.41) is 9.98. The van der Waals surface area contributed by atoms with Gasteiger partial charge in [-0.15, -0.1) is 0 Å². The first kappa shape index (κ1) is 13.1. The van der Waals surface area contributed by atoms with Crippen molar-refractivity contribution in [3.8, 4) is 0 Å². The number of aromatic nitrogens is 2. The standard InChI is InChI=1S/C14H23N3O/c1-8(2)9-7-10(17-16-9)15-12(18)11-13(3,4)14(11,5)6/h7-8,11H,1-6H3,(H2,15,16,17,18). The molecule has 0 bridgehead atoms. The Balaban J connectivity index is 2.05. The Morgan fingerprint density at radius 1 is 1.33 bits per heavy atom. The summed E-state index contributed by atoms with van der Waals surface area (Å²) in [7, 11) is 0. The van der Waals surface area contributed by atoms with Gasteiger partial charge in [-0.2, -0.15) is 5.10 Å². The molecule has 1 aromatic rings. The molecular weight excluding hydrogens is 226 g/mol. The predicted octanol–water partition coefficient (Wildman–Crippen LogP) is 3.15. The van der Waals surface area contributed by atoms with Gasteiger partial charge in [-0.25, -0.2) is 0 Å². The summed E-state index contributed by atoms with van der Waals surface area (Å²) in [5.41, 5.74) is 1.17. The number of anilines is 1. The zero-order valence-corrected chi connectivity index (χ0v) is 12.1. The molecular formula is C14H23N3O. The molecule has 18 heavy (non-hydrogen) atoms. The van der Waals surface area contributed by atoms with E-state index in [1.807, 2.05) is 6.07 Å². The minimum Gasteiger partial charge on any atom is -0.309 e. The van der Waals surface area contributed by atoms with E-state index in [4.69, 9.17) is 0 Å². The lowest BCUT2D eigenvalue weighted by atomic mass is 10.0. The Morgan fingerprint density at radius 3 is 2.28 bits per heavy atom. The number of nitrogens with zero attached hydrogens (tertiary/aromatic N) is 1. The maximum absolute atomic E-state index is 12.2. The highest BCUT2D eigenvalue weighted by atomic mass is 16.2. The molecule has 1 heterocycles. The summed E-state index contributed by atoms with van der Waals surface area (Å²) in [6.45, 7) is 12.7. The molecule has 1 aliphatic rings. The maximum atomic E-state index is 12.2. The summed E-state index contributed by atoms with van der Waals surface area (Å²) in [6.07, 6.45) is 0. The van der Waals surface area contributed by atoms with E-state index >= 15 is 0 Å². The summed E-state index contributed by atoms with van der Waals surface area (Å²) in [5.74, 6) is 1.15. The van der Waals surface area contributed by atoms with Gasteiger partial charge >= 0.3 is 0 Å². The van der Waals surface area contributed by atoms with Crippen LogP contribution in [0.2, 0.25) is 0 Å². The fourth-order valence-electron chi connectivity index (χ4n) is 2.75. The molecule has 0 atom stereocenters. The minimum atomic E-state index is 0.0594. The van der Waals surface area contributed by atoms with Gasteiger partial charge in [0, 0.05) is 17.7 Å². The Hall–Kier alpha value is -1.32. The van der Waals surface area contributed by atoms with Crippen LogP contribution in [-0.2, 0) is 4.79 Å². The number of hydrogen-bond donors (Lipinski definition) is 2. The molecule has 1 aromatic heterocycles. The lowest BCUT2D eigenvalue weighted by Crippen LogP contribution is -2.17. The fourth-order valence-corrected chi connectivity index (χ4v) is 2.75. The number of hydrogen-bond acceptors (Lipinski definition) is 2. The van der Waals surface area contributed by atoms with Crippen LogP contribution >= 0.6 is 0 Å². The first-order valence-corrected chi connectivity index (χ1v) is 6.54. The van der Waals surface area contributed by atoms with E-state index in [2.05, 4.69) is 57.1 Å². The second kappa shape index (κ2) is 3.84. The normalized spacial score (nSPS) is 21.1. The highest BCUT2D eigenvalue weighted by Gasteiger charge is 2.68. The molecule has 0 spiro atoms. The molecule has 2 N–H and O–H groups in total. The number of rotatable bonds is 3. The molecule has 0 aromatic carbocycles. The fraction of sp³-hybridized carbons (Fsp3) is 0.714. The van der Waals surface area contributed by atoms with Gasteiger partial charge in [0.05, 0.1) is 0 Å². The monoisotopic (exact) mass is 249 g/mol. The molecule has 100 valence electrons. The Kier molecular flexibility index (Phi) is 2.80. The first-order valence-electron chi connectivity index (χ1n) is 6.54. The molecule has 4 heteroatoms. The van der Waals surface area contributed by atoms with Crippen molar-refractivity contribution >= 4 is 11.7 Å². The highest BCUT2D eigenvalue weighted by Crippen LogP contribution is 2.68. The first-order chi connectivity index (χ1) is 8.18. The van der Waals surface area contributed by atoms with E-state index in [9.17, 15) is 4.79 Å². The number of aromatic amines is 1. The van der Waals surface area contributed by atoms with E-state index in [0.29, 0.717) is 11.7 Å². The third-order valence-corrected chi connectivity index (χ3v) is 4.75. The molecule has 1 aliphatic carbocycles. The average molecular weight is 249 g/mol. The largest absolute Gasteiger partial charge is 0.309 e. The number of nitrogens with one attached hydrogen (secondary N) is 2. The van der Waals surface area contributed by atoms with Crippen LogP contribution in [0.5, 0.6) is 0 Å². The zero-order valence-electron chi connectivity index (χ0n) is 12.1. The molecule has 0 unspecified atom stereocenters. The summed E-state index contributed by atoms with van der Waals surface area (Å²) >= 11 is 0. The van der Waals surface area contributed by atoms with Crippen molar-refractivity contribution in [2.45, 2.75) is 47.5 Å². The molecule has 4 nitrogen and oxygen atoms in total. The quantitative estimate of drug-likeness (QED) is 0.864. The Bertz CT molecular complexity index is 457. The van der Waals surface area contributed by atoms with Gasteiger partial charge in [-0.3, -0.25) is 9.89 Å². The van der Waals surface area contributed by atoms with E-state index in [0.717, 1.165) is 5.69 Å². The Labute approximate surface area is 109 Å². The molecule has 2 rings (SSSR count). The van der Waals surface area contributed by atoms with Crippen molar-refractivity contribution in [2.24, 2.45) is 16.7 Å². The van der Waals surface area contributed by atoms with Crippen molar-refractivity contribution in [3.05, 3.63) is 11.8 Å². The van der Waals surface area contributed by atoms with Crippen LogP contribution in [0.1, 0.15) is 53.2 Å². The van der Waals surface area contributed by atoms with E-state index < -0.39 is 0 Å². The SMILES string of the molecule is CC(C)c1cc(NC(=O)C2C(C)(C)C2(C)C)n[nH]1. The number of H-pyrrole nitrogens is 1. The van der Waals surface area contributed by atoms with Gasteiger partial charge in [0.15, 0.2) is 5.82 Å². The lowest BCUT2D eigenvalue weighted by molar-refractivity contribution is -0.118. The predicted molar refractivity (Wildman–Crippen MR) is 72.4 cm³/mol. The lowest BCUT2D eigenvalue weighted by Gasteiger charge is -2.03. The van der Waals surface area contributed by atoms with Crippen molar-refractivity contribution in [2.75, 3.05) is 5.32 Å². The third-order valence-electron chi connectivity index (χ3n) is 4.75. The van der Waals surface area contributed by atoms with E-state index in [-0.39, 0.29) is 22.7 Å². The van der Waals surface area contributed by atoms with Gasteiger partial charge in [-0.05, 0) is 16.7 Å². The van der Waals surface area contributed by atoms with Crippen LogP contribution in [0.25, 0.3) is 0 Å². The molecule has 0 aliphatic heterocycles.